The van der Waals surface area contributed by atoms with Crippen molar-refractivity contribution in [2.75, 3.05) is 11.1 Å². The third kappa shape index (κ3) is 3.99. The van der Waals surface area contributed by atoms with Gasteiger partial charge >= 0.3 is 6.18 Å². The van der Waals surface area contributed by atoms with E-state index in [4.69, 9.17) is 0 Å². The van der Waals surface area contributed by atoms with Crippen molar-refractivity contribution in [1.82, 2.24) is 9.97 Å². The average Bonchev–Trinajstić information content (AvgIpc) is 2.76. The molecule has 3 nitrogen and oxygen atoms in total. The molecule has 1 N–H and O–H groups in total. The first-order valence-corrected chi connectivity index (χ1v) is 7.32. The van der Waals surface area contributed by atoms with E-state index in [0.717, 1.165) is 37.3 Å². The van der Waals surface area contributed by atoms with Crippen LogP contribution in [0.5, 0.6) is 0 Å². The van der Waals surface area contributed by atoms with E-state index in [9.17, 15) is 13.2 Å². The molecule has 1 aliphatic carbocycles. The summed E-state index contributed by atoms with van der Waals surface area (Å²) < 4.78 is 37.6. The van der Waals surface area contributed by atoms with Crippen LogP contribution in [0, 0.1) is 0 Å². The number of nitrogens with one attached hydrogen (secondary N) is 1. The Morgan fingerprint density at radius 2 is 2.21 bits per heavy atom. The van der Waals surface area contributed by atoms with E-state index in [-0.39, 0.29) is 12.0 Å². The molecule has 1 aliphatic rings. The third-order valence-corrected chi connectivity index (χ3v) is 4.30. The largest absolute Gasteiger partial charge is 0.433 e. The summed E-state index contributed by atoms with van der Waals surface area (Å²) in [7, 11) is 0. The lowest BCUT2D eigenvalue weighted by Gasteiger charge is -2.14. The van der Waals surface area contributed by atoms with Crippen molar-refractivity contribution >= 4 is 17.7 Å². The molecular weight excluding hydrogens is 275 g/mol. The Labute approximate surface area is 114 Å². The van der Waals surface area contributed by atoms with Gasteiger partial charge in [-0.25, -0.2) is 9.97 Å². The van der Waals surface area contributed by atoms with Crippen molar-refractivity contribution in [3.8, 4) is 0 Å². The number of aromatic nitrogens is 2. The van der Waals surface area contributed by atoms with Crippen LogP contribution in [0.15, 0.2) is 12.3 Å². The van der Waals surface area contributed by atoms with Crippen molar-refractivity contribution in [3.63, 3.8) is 0 Å². The molecule has 1 saturated carbocycles. The quantitative estimate of drug-likeness (QED) is 0.920. The van der Waals surface area contributed by atoms with Crippen molar-refractivity contribution in [2.24, 2.45) is 0 Å². The molecule has 0 amide bonds. The van der Waals surface area contributed by atoms with E-state index in [1.165, 1.54) is 0 Å². The Bertz CT molecular complexity index is 425. The first kappa shape index (κ1) is 14.4. The highest BCUT2D eigenvalue weighted by Gasteiger charge is 2.33. The van der Waals surface area contributed by atoms with Gasteiger partial charge in [-0.05, 0) is 31.1 Å². The lowest BCUT2D eigenvalue weighted by Crippen LogP contribution is -2.19. The van der Waals surface area contributed by atoms with Crippen LogP contribution in [-0.4, -0.2) is 27.0 Å². The second-order valence-corrected chi connectivity index (χ2v) is 6.07. The number of hydrogen-bond donors (Lipinski definition) is 1. The topological polar surface area (TPSA) is 37.8 Å². The van der Waals surface area contributed by atoms with E-state index in [1.807, 2.05) is 11.8 Å². The highest BCUT2D eigenvalue weighted by atomic mass is 32.2. The summed E-state index contributed by atoms with van der Waals surface area (Å²) in [6.07, 6.45) is -0.272. The van der Waals surface area contributed by atoms with Crippen LogP contribution in [0.25, 0.3) is 0 Å². The van der Waals surface area contributed by atoms with Crippen LogP contribution in [0.4, 0.5) is 19.1 Å². The zero-order valence-electron chi connectivity index (χ0n) is 10.6. The number of anilines is 1. The van der Waals surface area contributed by atoms with Crippen LogP contribution in [0.3, 0.4) is 0 Å². The number of thioether (sulfide) groups is 1. The SMILES string of the molecule is CCSC1CCC(Nc2nccc(C(F)(F)F)n2)C1. The molecule has 0 aliphatic heterocycles. The fourth-order valence-electron chi connectivity index (χ4n) is 2.23. The van der Waals surface area contributed by atoms with E-state index >= 15 is 0 Å². The summed E-state index contributed by atoms with van der Waals surface area (Å²) in [5, 5.41) is 3.60. The monoisotopic (exact) mass is 291 g/mol. The first-order valence-electron chi connectivity index (χ1n) is 6.27. The zero-order chi connectivity index (χ0) is 13.9. The molecule has 0 bridgehead atoms. The molecule has 0 spiro atoms. The molecule has 0 radical (unpaired) electrons. The zero-order valence-corrected chi connectivity index (χ0v) is 11.4. The Morgan fingerprint density at radius 1 is 1.42 bits per heavy atom. The van der Waals surface area contributed by atoms with Gasteiger partial charge in [-0.1, -0.05) is 6.92 Å². The Balaban J connectivity index is 1.97. The van der Waals surface area contributed by atoms with Gasteiger partial charge in [0.2, 0.25) is 5.95 Å². The summed E-state index contributed by atoms with van der Waals surface area (Å²) in [4.78, 5) is 7.38. The van der Waals surface area contributed by atoms with Gasteiger partial charge in [0, 0.05) is 17.5 Å². The normalized spacial score (nSPS) is 23.6. The highest BCUT2D eigenvalue weighted by Crippen LogP contribution is 2.32. The first-order chi connectivity index (χ1) is 8.99. The van der Waals surface area contributed by atoms with E-state index in [2.05, 4.69) is 22.2 Å². The Hall–Kier alpha value is -0.980. The average molecular weight is 291 g/mol. The van der Waals surface area contributed by atoms with E-state index in [1.54, 1.807) is 0 Å². The Morgan fingerprint density at radius 3 is 2.89 bits per heavy atom. The summed E-state index contributed by atoms with van der Waals surface area (Å²) >= 11 is 1.90. The standard InChI is InChI=1S/C12H16F3N3S/c1-2-19-9-4-3-8(7-9)17-11-16-6-5-10(18-11)12(13,14)15/h5-6,8-9H,2-4,7H2,1H3,(H,16,17,18). The van der Waals surface area contributed by atoms with Gasteiger partial charge in [-0.3, -0.25) is 0 Å². The summed E-state index contributed by atoms with van der Waals surface area (Å²) in [5.41, 5.74) is -0.900. The van der Waals surface area contributed by atoms with Crippen LogP contribution < -0.4 is 5.32 Å². The summed E-state index contributed by atoms with van der Waals surface area (Å²) in [5.74, 6) is 1.14. The number of nitrogens with zero attached hydrogens (tertiary/aromatic N) is 2. The molecule has 0 saturated heterocycles. The van der Waals surface area contributed by atoms with Crippen LogP contribution in [0.2, 0.25) is 0 Å². The predicted octanol–water partition coefficient (Wildman–Crippen LogP) is 3.58. The molecule has 1 fully saturated rings. The van der Waals surface area contributed by atoms with Gasteiger partial charge in [0.15, 0.2) is 0 Å². The maximum absolute atomic E-state index is 12.5. The van der Waals surface area contributed by atoms with Crippen LogP contribution in [-0.2, 0) is 6.18 Å². The number of alkyl halides is 3. The number of rotatable bonds is 4. The minimum atomic E-state index is -4.42. The second kappa shape index (κ2) is 5.98. The molecular formula is C12H16F3N3S. The van der Waals surface area contributed by atoms with Gasteiger partial charge in [-0.15, -0.1) is 0 Å². The summed E-state index contributed by atoms with van der Waals surface area (Å²) in [6, 6.07) is 1.06. The molecule has 1 heterocycles. The molecule has 2 atom stereocenters. The molecule has 0 aromatic carbocycles. The fraction of sp³-hybridized carbons (Fsp3) is 0.667. The van der Waals surface area contributed by atoms with E-state index < -0.39 is 11.9 Å². The molecule has 2 rings (SSSR count). The van der Waals surface area contributed by atoms with Gasteiger partial charge in [-0.2, -0.15) is 24.9 Å². The Kier molecular flexibility index (Phi) is 4.54. The minimum absolute atomic E-state index is 0.0713. The minimum Gasteiger partial charge on any atom is -0.351 e. The molecule has 1 aromatic heterocycles. The maximum Gasteiger partial charge on any atom is 0.433 e. The van der Waals surface area contributed by atoms with Crippen LogP contribution in [0.1, 0.15) is 31.9 Å². The van der Waals surface area contributed by atoms with Crippen molar-refractivity contribution in [1.29, 1.82) is 0 Å². The van der Waals surface area contributed by atoms with Crippen molar-refractivity contribution < 1.29 is 13.2 Å². The maximum atomic E-state index is 12.5. The van der Waals surface area contributed by atoms with Crippen molar-refractivity contribution in [2.45, 2.75) is 43.7 Å². The molecule has 2 unspecified atom stereocenters. The molecule has 1 aromatic rings. The number of hydrogen-bond acceptors (Lipinski definition) is 4. The fourth-order valence-corrected chi connectivity index (χ4v) is 3.37. The lowest BCUT2D eigenvalue weighted by molar-refractivity contribution is -0.141. The lowest BCUT2D eigenvalue weighted by atomic mass is 10.2. The van der Waals surface area contributed by atoms with Crippen molar-refractivity contribution in [3.05, 3.63) is 18.0 Å². The molecule has 106 valence electrons. The smallest absolute Gasteiger partial charge is 0.351 e. The predicted molar refractivity (Wildman–Crippen MR) is 70.2 cm³/mol. The highest BCUT2D eigenvalue weighted by molar-refractivity contribution is 7.99. The molecule has 19 heavy (non-hydrogen) atoms. The van der Waals surface area contributed by atoms with Gasteiger partial charge in [0.1, 0.15) is 5.69 Å². The second-order valence-electron chi connectivity index (χ2n) is 4.49. The van der Waals surface area contributed by atoms with Gasteiger partial charge < -0.3 is 5.32 Å². The van der Waals surface area contributed by atoms with E-state index in [0.29, 0.717) is 5.25 Å². The molecule has 7 heteroatoms. The van der Waals surface area contributed by atoms with Gasteiger partial charge in [0.25, 0.3) is 0 Å². The summed E-state index contributed by atoms with van der Waals surface area (Å²) in [6.45, 7) is 2.11. The number of halogens is 3. The van der Waals surface area contributed by atoms with Crippen LogP contribution >= 0.6 is 11.8 Å². The third-order valence-electron chi connectivity index (χ3n) is 3.07. The van der Waals surface area contributed by atoms with Gasteiger partial charge in [0.05, 0.1) is 0 Å².